The van der Waals surface area contributed by atoms with E-state index in [4.69, 9.17) is 4.74 Å². The fraction of sp³-hybridized carbons (Fsp3) is 0.143. The van der Waals surface area contributed by atoms with E-state index in [1.54, 1.807) is 29.2 Å². The molecular weight excluding hydrogens is 356 g/mol. The molecule has 140 valence electrons. The average Bonchev–Trinajstić information content (AvgIpc) is 3.27. The van der Waals surface area contributed by atoms with E-state index in [-0.39, 0.29) is 18.1 Å². The van der Waals surface area contributed by atoms with Crippen LogP contribution in [0.5, 0.6) is 0 Å². The summed E-state index contributed by atoms with van der Waals surface area (Å²) in [7, 11) is 0. The number of benzene rings is 1. The van der Waals surface area contributed by atoms with Crippen LogP contribution >= 0.6 is 0 Å². The lowest BCUT2D eigenvalue weighted by atomic mass is 10.2. The smallest absolute Gasteiger partial charge is 0.359 e. The van der Waals surface area contributed by atoms with Crippen molar-refractivity contribution in [3.8, 4) is 5.69 Å². The van der Waals surface area contributed by atoms with Gasteiger partial charge in [0.1, 0.15) is 0 Å². The number of ketones is 1. The Morgan fingerprint density at radius 1 is 1.04 bits per heavy atom. The fourth-order valence-corrected chi connectivity index (χ4v) is 3.11. The zero-order valence-electron chi connectivity index (χ0n) is 15.5. The Labute approximate surface area is 161 Å². The first-order valence-corrected chi connectivity index (χ1v) is 8.80. The minimum atomic E-state index is -0.623. The molecule has 0 saturated carbocycles. The summed E-state index contributed by atoms with van der Waals surface area (Å²) >= 11 is 0. The van der Waals surface area contributed by atoms with Crippen molar-refractivity contribution in [1.29, 1.82) is 0 Å². The van der Waals surface area contributed by atoms with Crippen molar-refractivity contribution in [2.24, 2.45) is 0 Å². The van der Waals surface area contributed by atoms with Crippen LogP contribution in [-0.4, -0.2) is 37.8 Å². The van der Waals surface area contributed by atoms with Crippen LogP contribution < -0.4 is 0 Å². The molecule has 0 aliphatic rings. The summed E-state index contributed by atoms with van der Waals surface area (Å²) in [6.45, 7) is 3.24. The van der Waals surface area contributed by atoms with Crippen molar-refractivity contribution in [1.82, 2.24) is 19.4 Å². The third-order valence-electron chi connectivity index (χ3n) is 4.63. The van der Waals surface area contributed by atoms with Crippen molar-refractivity contribution in [3.63, 3.8) is 0 Å². The molecule has 0 aliphatic carbocycles. The monoisotopic (exact) mass is 374 g/mol. The van der Waals surface area contributed by atoms with Gasteiger partial charge in [0.2, 0.25) is 5.78 Å². The molecule has 4 rings (SSSR count). The molecule has 0 fully saturated rings. The van der Waals surface area contributed by atoms with Gasteiger partial charge in [-0.05, 0) is 38.1 Å². The molecule has 28 heavy (non-hydrogen) atoms. The number of ether oxygens (including phenoxy) is 1. The maximum atomic E-state index is 12.5. The quantitative estimate of drug-likeness (QED) is 0.396. The van der Waals surface area contributed by atoms with Gasteiger partial charge < -0.3 is 4.74 Å². The molecule has 3 heterocycles. The van der Waals surface area contributed by atoms with Gasteiger partial charge >= 0.3 is 5.97 Å². The van der Waals surface area contributed by atoms with E-state index < -0.39 is 5.97 Å². The molecule has 0 N–H and O–H groups in total. The van der Waals surface area contributed by atoms with Crippen LogP contribution in [0.3, 0.4) is 0 Å². The van der Waals surface area contributed by atoms with E-state index in [0.717, 1.165) is 11.2 Å². The number of esters is 1. The lowest BCUT2D eigenvalue weighted by molar-refractivity contribution is 0.0467. The molecule has 1 aromatic carbocycles. The van der Waals surface area contributed by atoms with Crippen LogP contribution in [0.2, 0.25) is 0 Å². The van der Waals surface area contributed by atoms with E-state index in [1.807, 2.05) is 48.5 Å². The highest BCUT2D eigenvalue weighted by Crippen LogP contribution is 2.17. The Morgan fingerprint density at radius 3 is 2.54 bits per heavy atom. The lowest BCUT2D eigenvalue weighted by Gasteiger charge is -2.05. The van der Waals surface area contributed by atoms with E-state index in [9.17, 15) is 9.59 Å². The summed E-state index contributed by atoms with van der Waals surface area (Å²) in [6, 6.07) is 15.1. The third kappa shape index (κ3) is 3.07. The molecule has 0 amide bonds. The Kier molecular flexibility index (Phi) is 4.49. The van der Waals surface area contributed by atoms with Crippen LogP contribution in [0.1, 0.15) is 32.1 Å². The molecule has 0 spiro atoms. The van der Waals surface area contributed by atoms with Crippen LogP contribution in [0.15, 0.2) is 60.9 Å². The van der Waals surface area contributed by atoms with Crippen molar-refractivity contribution in [2.75, 3.05) is 6.61 Å². The largest absolute Gasteiger partial charge is 0.453 e. The molecule has 0 unspecified atom stereocenters. The highest BCUT2D eigenvalue weighted by molar-refractivity contribution is 6.00. The molecule has 0 atom stereocenters. The number of nitrogens with zero attached hydrogens (tertiary/aromatic N) is 4. The number of rotatable bonds is 5. The molecule has 0 saturated heterocycles. The van der Waals surface area contributed by atoms with Crippen molar-refractivity contribution in [3.05, 3.63) is 83.4 Å². The number of fused-ring (bicyclic) bond motifs is 1. The Morgan fingerprint density at radius 2 is 1.79 bits per heavy atom. The Balaban J connectivity index is 1.49. The van der Waals surface area contributed by atoms with Crippen LogP contribution in [0.4, 0.5) is 0 Å². The predicted octanol–water partition coefficient (Wildman–Crippen LogP) is 3.18. The van der Waals surface area contributed by atoms with Crippen molar-refractivity contribution < 1.29 is 14.3 Å². The molecule has 4 aromatic rings. The molecule has 7 nitrogen and oxygen atoms in total. The van der Waals surface area contributed by atoms with E-state index in [1.165, 1.54) is 6.20 Å². The van der Waals surface area contributed by atoms with E-state index in [2.05, 4.69) is 10.2 Å². The van der Waals surface area contributed by atoms with Gasteiger partial charge in [0, 0.05) is 11.8 Å². The van der Waals surface area contributed by atoms with Gasteiger partial charge in [-0.3, -0.25) is 4.79 Å². The second-order valence-electron chi connectivity index (χ2n) is 6.39. The SMILES string of the molecule is Cc1c(C(=O)OCC(=O)c2cnn(-c3ccccc3)c2C)nn2ccccc12. The van der Waals surface area contributed by atoms with Crippen molar-refractivity contribution >= 4 is 17.3 Å². The van der Waals surface area contributed by atoms with Gasteiger partial charge in [0.05, 0.1) is 28.7 Å². The molecule has 3 aromatic heterocycles. The first kappa shape index (κ1) is 17.7. The summed E-state index contributed by atoms with van der Waals surface area (Å²) in [5.41, 5.74) is 3.71. The first-order chi connectivity index (χ1) is 13.6. The minimum absolute atomic E-state index is 0.204. The number of Topliss-reactive ketones (excluding diaryl/α,β-unsaturated/α-hetero) is 1. The number of pyridine rings is 1. The summed E-state index contributed by atoms with van der Waals surface area (Å²) in [4.78, 5) is 25.0. The standard InChI is InChI=1S/C21H18N4O3/c1-14-18-10-6-7-11-24(18)23-20(14)21(27)28-13-19(26)17-12-22-25(15(17)2)16-8-4-3-5-9-16/h3-12H,13H2,1-2H3. The van der Waals surface area contributed by atoms with Gasteiger partial charge in [-0.25, -0.2) is 14.0 Å². The normalized spacial score (nSPS) is 10.9. The molecule has 0 radical (unpaired) electrons. The second-order valence-corrected chi connectivity index (χ2v) is 6.39. The van der Waals surface area contributed by atoms with Gasteiger partial charge in [-0.15, -0.1) is 0 Å². The molecule has 0 bridgehead atoms. The minimum Gasteiger partial charge on any atom is -0.453 e. The third-order valence-corrected chi connectivity index (χ3v) is 4.63. The molecular formula is C21H18N4O3. The van der Waals surface area contributed by atoms with Crippen LogP contribution in [-0.2, 0) is 4.74 Å². The lowest BCUT2D eigenvalue weighted by Crippen LogP contribution is -2.16. The summed E-state index contributed by atoms with van der Waals surface area (Å²) in [5.74, 6) is -0.933. The number of carbonyl (C=O) groups is 2. The average molecular weight is 374 g/mol. The van der Waals surface area contributed by atoms with Crippen molar-refractivity contribution in [2.45, 2.75) is 13.8 Å². The van der Waals surface area contributed by atoms with Crippen LogP contribution in [0.25, 0.3) is 11.2 Å². The summed E-state index contributed by atoms with van der Waals surface area (Å²) in [6.07, 6.45) is 3.25. The number of carbonyl (C=O) groups excluding carboxylic acids is 2. The van der Waals surface area contributed by atoms with E-state index >= 15 is 0 Å². The fourth-order valence-electron chi connectivity index (χ4n) is 3.11. The zero-order chi connectivity index (χ0) is 19.7. The highest BCUT2D eigenvalue weighted by Gasteiger charge is 2.21. The van der Waals surface area contributed by atoms with Gasteiger partial charge in [-0.2, -0.15) is 10.2 Å². The Hall–Kier alpha value is -3.74. The number of aryl methyl sites for hydroxylation is 1. The van der Waals surface area contributed by atoms with Crippen LogP contribution in [0, 0.1) is 13.8 Å². The number of para-hydroxylation sites is 1. The van der Waals surface area contributed by atoms with Gasteiger partial charge in [0.15, 0.2) is 12.3 Å². The number of aromatic nitrogens is 4. The maximum Gasteiger partial charge on any atom is 0.359 e. The number of hydrogen-bond donors (Lipinski definition) is 0. The maximum absolute atomic E-state index is 12.5. The number of hydrogen-bond acceptors (Lipinski definition) is 5. The van der Waals surface area contributed by atoms with Gasteiger partial charge in [-0.1, -0.05) is 24.3 Å². The summed E-state index contributed by atoms with van der Waals surface area (Å²) < 4.78 is 8.52. The zero-order valence-corrected chi connectivity index (χ0v) is 15.5. The second kappa shape index (κ2) is 7.11. The molecule has 7 heteroatoms. The predicted molar refractivity (Wildman–Crippen MR) is 103 cm³/mol. The van der Waals surface area contributed by atoms with Gasteiger partial charge in [0.25, 0.3) is 0 Å². The van der Waals surface area contributed by atoms with E-state index in [0.29, 0.717) is 16.8 Å². The summed E-state index contributed by atoms with van der Waals surface area (Å²) in [5, 5.41) is 8.51. The highest BCUT2D eigenvalue weighted by atomic mass is 16.5. The molecule has 0 aliphatic heterocycles. The first-order valence-electron chi connectivity index (χ1n) is 8.80. The topological polar surface area (TPSA) is 78.5 Å². The Bertz CT molecular complexity index is 1180.